The molecule has 1 aromatic carbocycles. The second-order valence-electron chi connectivity index (χ2n) is 6.99. The highest BCUT2D eigenvalue weighted by Gasteiger charge is 2.39. The van der Waals surface area contributed by atoms with E-state index in [1.165, 1.54) is 17.5 Å². The fourth-order valence-electron chi connectivity index (χ4n) is 3.88. The Bertz CT molecular complexity index is 464. The Labute approximate surface area is 123 Å². The molecule has 0 radical (unpaired) electrons. The summed E-state index contributed by atoms with van der Waals surface area (Å²) in [7, 11) is 1.70. The van der Waals surface area contributed by atoms with Gasteiger partial charge in [0.25, 0.3) is 0 Å². The van der Waals surface area contributed by atoms with Crippen LogP contribution in [0.1, 0.15) is 51.2 Å². The van der Waals surface area contributed by atoms with E-state index in [0.717, 1.165) is 18.6 Å². The van der Waals surface area contributed by atoms with E-state index in [4.69, 9.17) is 4.74 Å². The highest BCUT2D eigenvalue weighted by atomic mass is 16.5. The number of ether oxygens (including phenoxy) is 1. The first-order valence-corrected chi connectivity index (χ1v) is 7.69. The Balaban J connectivity index is 2.29. The van der Waals surface area contributed by atoms with Gasteiger partial charge in [0.05, 0.1) is 13.2 Å². The van der Waals surface area contributed by atoms with Crippen molar-refractivity contribution in [3.05, 3.63) is 29.3 Å². The average molecular weight is 276 g/mol. The number of aliphatic hydroxyl groups excluding tert-OH is 1. The summed E-state index contributed by atoms with van der Waals surface area (Å²) < 4.78 is 5.29. The first-order chi connectivity index (χ1) is 9.36. The third-order valence-corrected chi connectivity index (χ3v) is 5.13. The van der Waals surface area contributed by atoms with E-state index in [9.17, 15) is 5.11 Å². The number of hydrogen-bond acceptors (Lipinski definition) is 2. The van der Waals surface area contributed by atoms with Gasteiger partial charge in [-0.2, -0.15) is 0 Å². The molecule has 1 aromatic rings. The molecule has 112 valence electrons. The fourth-order valence-corrected chi connectivity index (χ4v) is 3.88. The molecule has 0 aliphatic heterocycles. The van der Waals surface area contributed by atoms with Crippen LogP contribution < -0.4 is 4.74 Å². The van der Waals surface area contributed by atoms with Crippen molar-refractivity contribution in [3.8, 4) is 5.75 Å². The molecule has 1 N–H and O–H groups in total. The lowest BCUT2D eigenvalue weighted by atomic mass is 9.64. The molecular formula is C18H28O2. The zero-order valence-corrected chi connectivity index (χ0v) is 13.4. The predicted octanol–water partition coefficient (Wildman–Crippen LogP) is 4.08. The highest BCUT2D eigenvalue weighted by molar-refractivity contribution is 5.39. The standard InChI is InChI=1S/C18H28O2/c1-12-6-8-16(17(19)10-12)18(3,4)15-9-7-14(20-5)11-13(15)2/h7,9,11-12,16-17,19H,6,8,10H2,1-5H3. The van der Waals surface area contributed by atoms with E-state index < -0.39 is 0 Å². The van der Waals surface area contributed by atoms with Gasteiger partial charge in [0, 0.05) is 0 Å². The summed E-state index contributed by atoms with van der Waals surface area (Å²) in [4.78, 5) is 0. The maximum Gasteiger partial charge on any atom is 0.119 e. The van der Waals surface area contributed by atoms with Crippen LogP contribution in [0.2, 0.25) is 0 Å². The smallest absolute Gasteiger partial charge is 0.119 e. The monoisotopic (exact) mass is 276 g/mol. The van der Waals surface area contributed by atoms with Crippen molar-refractivity contribution in [1.82, 2.24) is 0 Å². The summed E-state index contributed by atoms with van der Waals surface area (Å²) in [6.07, 6.45) is 3.08. The van der Waals surface area contributed by atoms with Crippen molar-refractivity contribution in [1.29, 1.82) is 0 Å². The Hall–Kier alpha value is -1.02. The predicted molar refractivity (Wildman–Crippen MR) is 83.3 cm³/mol. The van der Waals surface area contributed by atoms with Crippen LogP contribution in [-0.4, -0.2) is 18.3 Å². The maximum atomic E-state index is 10.5. The lowest BCUT2D eigenvalue weighted by Gasteiger charge is -2.43. The van der Waals surface area contributed by atoms with E-state index >= 15 is 0 Å². The van der Waals surface area contributed by atoms with Gasteiger partial charge < -0.3 is 9.84 Å². The Morgan fingerprint density at radius 1 is 1.25 bits per heavy atom. The van der Waals surface area contributed by atoms with Crippen LogP contribution in [0.15, 0.2) is 18.2 Å². The van der Waals surface area contributed by atoms with Crippen molar-refractivity contribution in [2.45, 2.75) is 58.5 Å². The van der Waals surface area contributed by atoms with Gasteiger partial charge in [0.2, 0.25) is 0 Å². The minimum atomic E-state index is -0.185. The van der Waals surface area contributed by atoms with E-state index in [1.54, 1.807) is 7.11 Å². The number of methoxy groups -OCH3 is 1. The van der Waals surface area contributed by atoms with E-state index in [0.29, 0.717) is 11.8 Å². The molecule has 1 fully saturated rings. The number of aliphatic hydroxyl groups is 1. The minimum Gasteiger partial charge on any atom is -0.497 e. The normalized spacial score (nSPS) is 27.4. The van der Waals surface area contributed by atoms with Gasteiger partial charge in [0.15, 0.2) is 0 Å². The van der Waals surface area contributed by atoms with Gasteiger partial charge in [-0.25, -0.2) is 0 Å². The quantitative estimate of drug-likeness (QED) is 0.901. The molecule has 2 heteroatoms. The third kappa shape index (κ3) is 2.85. The molecule has 3 unspecified atom stereocenters. The number of benzene rings is 1. The summed E-state index contributed by atoms with van der Waals surface area (Å²) in [5.41, 5.74) is 2.58. The van der Waals surface area contributed by atoms with Crippen molar-refractivity contribution in [2.24, 2.45) is 11.8 Å². The van der Waals surface area contributed by atoms with Crippen molar-refractivity contribution in [2.75, 3.05) is 7.11 Å². The highest BCUT2D eigenvalue weighted by Crippen LogP contribution is 2.43. The second kappa shape index (κ2) is 5.77. The van der Waals surface area contributed by atoms with Gasteiger partial charge in [0.1, 0.15) is 5.75 Å². The first-order valence-electron chi connectivity index (χ1n) is 7.69. The van der Waals surface area contributed by atoms with Crippen LogP contribution in [0.3, 0.4) is 0 Å². The van der Waals surface area contributed by atoms with Crippen LogP contribution in [0.25, 0.3) is 0 Å². The summed E-state index contributed by atoms with van der Waals surface area (Å²) >= 11 is 0. The maximum absolute atomic E-state index is 10.5. The molecule has 0 spiro atoms. The van der Waals surface area contributed by atoms with Crippen molar-refractivity contribution >= 4 is 0 Å². The molecule has 2 rings (SSSR count). The fraction of sp³-hybridized carbons (Fsp3) is 0.667. The molecule has 1 saturated carbocycles. The lowest BCUT2D eigenvalue weighted by molar-refractivity contribution is 0.0142. The molecule has 0 amide bonds. The molecule has 1 aliphatic rings. The first kappa shape index (κ1) is 15.4. The van der Waals surface area contributed by atoms with E-state index in [-0.39, 0.29) is 11.5 Å². The van der Waals surface area contributed by atoms with Gasteiger partial charge in [-0.05, 0) is 60.3 Å². The van der Waals surface area contributed by atoms with Crippen LogP contribution in [0, 0.1) is 18.8 Å². The number of rotatable bonds is 3. The topological polar surface area (TPSA) is 29.5 Å². The van der Waals surface area contributed by atoms with Crippen LogP contribution >= 0.6 is 0 Å². The van der Waals surface area contributed by atoms with Crippen molar-refractivity contribution < 1.29 is 9.84 Å². The van der Waals surface area contributed by atoms with E-state index in [1.807, 2.05) is 6.07 Å². The average Bonchev–Trinajstić information content (AvgIpc) is 2.37. The van der Waals surface area contributed by atoms with Crippen molar-refractivity contribution in [3.63, 3.8) is 0 Å². The summed E-state index contributed by atoms with van der Waals surface area (Å²) in [6, 6.07) is 6.29. The molecule has 0 aromatic heterocycles. The Kier molecular flexibility index (Phi) is 4.43. The molecule has 1 aliphatic carbocycles. The molecular weight excluding hydrogens is 248 g/mol. The number of aryl methyl sites for hydroxylation is 1. The van der Waals surface area contributed by atoms with Gasteiger partial charge in [-0.15, -0.1) is 0 Å². The largest absolute Gasteiger partial charge is 0.497 e. The zero-order valence-electron chi connectivity index (χ0n) is 13.4. The lowest BCUT2D eigenvalue weighted by Crippen LogP contribution is -2.41. The van der Waals surface area contributed by atoms with Crippen LogP contribution in [0.4, 0.5) is 0 Å². The van der Waals surface area contributed by atoms with Gasteiger partial charge in [-0.3, -0.25) is 0 Å². The minimum absolute atomic E-state index is 0.00406. The molecule has 0 heterocycles. The molecule has 0 saturated heterocycles. The molecule has 20 heavy (non-hydrogen) atoms. The second-order valence-corrected chi connectivity index (χ2v) is 6.99. The zero-order chi connectivity index (χ0) is 14.9. The molecule has 0 bridgehead atoms. The Morgan fingerprint density at radius 3 is 2.50 bits per heavy atom. The summed E-state index contributed by atoms with van der Waals surface area (Å²) in [5, 5.41) is 10.5. The van der Waals surface area contributed by atoms with Gasteiger partial charge >= 0.3 is 0 Å². The van der Waals surface area contributed by atoms with Gasteiger partial charge in [-0.1, -0.05) is 33.3 Å². The SMILES string of the molecule is COc1ccc(C(C)(C)C2CCC(C)CC2O)c(C)c1. The Morgan fingerprint density at radius 2 is 1.95 bits per heavy atom. The third-order valence-electron chi connectivity index (χ3n) is 5.13. The van der Waals surface area contributed by atoms with Crippen LogP contribution in [0.5, 0.6) is 5.75 Å². The van der Waals surface area contributed by atoms with Crippen LogP contribution in [-0.2, 0) is 5.41 Å². The molecule has 2 nitrogen and oxygen atoms in total. The summed E-state index contributed by atoms with van der Waals surface area (Å²) in [5.74, 6) is 1.89. The van der Waals surface area contributed by atoms with E-state index in [2.05, 4.69) is 39.8 Å². The number of hydrogen-bond donors (Lipinski definition) is 1. The molecule has 3 atom stereocenters. The summed E-state index contributed by atoms with van der Waals surface area (Å²) in [6.45, 7) is 8.92.